The van der Waals surface area contributed by atoms with E-state index in [1.165, 1.54) is 12.4 Å². The third-order valence-electron chi connectivity index (χ3n) is 5.32. The van der Waals surface area contributed by atoms with Crippen LogP contribution in [0.5, 0.6) is 0 Å². The second kappa shape index (κ2) is 13.6. The Morgan fingerprint density at radius 2 is 1.57 bits per heavy atom. The summed E-state index contributed by atoms with van der Waals surface area (Å²) in [5.41, 5.74) is 5.95. The summed E-state index contributed by atoms with van der Waals surface area (Å²) in [5.74, 6) is 5.26. The summed E-state index contributed by atoms with van der Waals surface area (Å²) in [4.78, 5) is 27.8. The van der Waals surface area contributed by atoms with Gasteiger partial charge >= 0.3 is 0 Å². The topological polar surface area (TPSA) is 136 Å². The van der Waals surface area contributed by atoms with Crippen molar-refractivity contribution in [1.29, 1.82) is 0 Å². The fraction of sp³-hybridized carbons (Fsp3) is 0.179. The molecule has 0 aliphatic heterocycles. The fourth-order valence-electron chi connectivity index (χ4n) is 3.31. The average molecular weight is 500 g/mol. The number of anilines is 1. The van der Waals surface area contributed by atoms with E-state index < -0.39 is 18.1 Å². The van der Waals surface area contributed by atoms with Gasteiger partial charge in [0.15, 0.2) is 0 Å². The highest BCUT2D eigenvalue weighted by atomic mass is 16.5. The zero-order chi connectivity index (χ0) is 26.6. The Balaban J connectivity index is 1.51. The van der Waals surface area contributed by atoms with Gasteiger partial charge in [0, 0.05) is 41.4 Å². The number of amides is 2. The number of aromatic nitrogens is 1. The molecule has 0 aliphatic rings. The van der Waals surface area contributed by atoms with Crippen LogP contribution in [0.2, 0.25) is 0 Å². The van der Waals surface area contributed by atoms with Crippen LogP contribution in [0.25, 0.3) is 5.70 Å². The lowest BCUT2D eigenvalue weighted by Crippen LogP contribution is -2.48. The van der Waals surface area contributed by atoms with E-state index in [1.807, 2.05) is 36.4 Å². The molecule has 2 atom stereocenters. The molecular formula is C28H29N5O4. The number of aliphatic hydroxyl groups excluding tert-OH is 1. The van der Waals surface area contributed by atoms with Crippen molar-refractivity contribution in [1.82, 2.24) is 21.1 Å². The number of carbonyl (C=O) groups is 2. The number of aliphatic hydroxyl groups is 1. The van der Waals surface area contributed by atoms with Crippen molar-refractivity contribution >= 4 is 23.2 Å². The fourth-order valence-corrected chi connectivity index (χ4v) is 3.31. The van der Waals surface area contributed by atoms with E-state index in [9.17, 15) is 14.7 Å². The molecule has 0 aliphatic carbocycles. The Bertz CT molecular complexity index is 1260. The summed E-state index contributed by atoms with van der Waals surface area (Å²) < 4.78 is 0. The van der Waals surface area contributed by atoms with Crippen molar-refractivity contribution in [2.45, 2.75) is 25.6 Å². The van der Waals surface area contributed by atoms with Gasteiger partial charge < -0.3 is 21.1 Å². The van der Waals surface area contributed by atoms with Gasteiger partial charge in [0.05, 0.1) is 12.6 Å². The van der Waals surface area contributed by atoms with Crippen LogP contribution >= 0.6 is 0 Å². The van der Waals surface area contributed by atoms with Crippen molar-refractivity contribution in [2.24, 2.45) is 0 Å². The van der Waals surface area contributed by atoms with E-state index in [2.05, 4.69) is 39.4 Å². The lowest BCUT2D eigenvalue weighted by Gasteiger charge is -2.21. The SMILES string of the molecule is C=C(NC(C(=O)NO)[C@@H](C)O)c1ccc(C#Cc2ccc(NC(=O)CNCc3ccncc3)cc2)cc1. The smallest absolute Gasteiger partial charge is 0.268 e. The molecule has 2 aromatic carbocycles. The van der Waals surface area contributed by atoms with Crippen LogP contribution in [0, 0.1) is 11.8 Å². The predicted octanol–water partition coefficient (Wildman–Crippen LogP) is 2.02. The van der Waals surface area contributed by atoms with Gasteiger partial charge in [-0.1, -0.05) is 30.6 Å². The Morgan fingerprint density at radius 1 is 0.973 bits per heavy atom. The normalized spacial score (nSPS) is 11.9. The predicted molar refractivity (Wildman–Crippen MR) is 141 cm³/mol. The molecular weight excluding hydrogens is 470 g/mol. The van der Waals surface area contributed by atoms with Crippen molar-refractivity contribution in [3.8, 4) is 11.8 Å². The highest BCUT2D eigenvalue weighted by Crippen LogP contribution is 2.13. The van der Waals surface area contributed by atoms with Crippen molar-refractivity contribution < 1.29 is 19.9 Å². The van der Waals surface area contributed by atoms with E-state index >= 15 is 0 Å². The number of benzene rings is 2. The number of hydrogen-bond acceptors (Lipinski definition) is 7. The maximum absolute atomic E-state index is 12.1. The molecule has 9 nitrogen and oxygen atoms in total. The van der Waals surface area contributed by atoms with Gasteiger partial charge in [0.1, 0.15) is 6.04 Å². The summed E-state index contributed by atoms with van der Waals surface area (Å²) in [7, 11) is 0. The van der Waals surface area contributed by atoms with Crippen LogP contribution in [-0.4, -0.2) is 45.8 Å². The maximum Gasteiger partial charge on any atom is 0.268 e. The van der Waals surface area contributed by atoms with E-state index in [4.69, 9.17) is 5.21 Å². The highest BCUT2D eigenvalue weighted by molar-refractivity contribution is 5.92. The molecule has 0 radical (unpaired) electrons. The van der Waals surface area contributed by atoms with Crippen molar-refractivity contribution in [2.75, 3.05) is 11.9 Å². The molecule has 0 spiro atoms. The van der Waals surface area contributed by atoms with E-state index in [0.717, 1.165) is 16.7 Å². The largest absolute Gasteiger partial charge is 0.391 e. The summed E-state index contributed by atoms with van der Waals surface area (Å²) in [6.07, 6.45) is 2.39. The number of carbonyl (C=O) groups excluding carboxylic acids is 2. The number of hydrogen-bond donors (Lipinski definition) is 6. The molecule has 2 amide bonds. The zero-order valence-electron chi connectivity index (χ0n) is 20.4. The first-order valence-electron chi connectivity index (χ1n) is 11.5. The molecule has 0 saturated heterocycles. The first-order valence-corrected chi connectivity index (χ1v) is 11.5. The molecule has 37 heavy (non-hydrogen) atoms. The van der Waals surface area contributed by atoms with Gasteiger partial charge in [-0.05, 0) is 66.6 Å². The van der Waals surface area contributed by atoms with E-state index in [1.54, 1.807) is 36.7 Å². The van der Waals surface area contributed by atoms with Crippen LogP contribution in [-0.2, 0) is 16.1 Å². The molecule has 0 bridgehead atoms. The first-order chi connectivity index (χ1) is 17.9. The molecule has 0 saturated carbocycles. The quantitative estimate of drug-likeness (QED) is 0.143. The number of pyridine rings is 1. The summed E-state index contributed by atoms with van der Waals surface area (Å²) in [5, 5.41) is 27.3. The lowest BCUT2D eigenvalue weighted by atomic mass is 10.1. The molecule has 0 fully saturated rings. The van der Waals surface area contributed by atoms with Gasteiger partial charge in [-0.3, -0.25) is 19.8 Å². The minimum atomic E-state index is -1.05. The number of rotatable bonds is 10. The number of nitrogens with zero attached hydrogens (tertiary/aromatic N) is 1. The standard InChI is InChI=1S/C28H29N5O4/c1-19(31-27(20(2)34)28(36)33-37)24-9-5-21(6-10-24)3-4-22-7-11-25(12-8-22)32-26(35)18-30-17-23-13-15-29-16-14-23/h5-16,20,27,30-31,34,37H,1,17-18H2,2H3,(H,32,35)(H,33,36)/t20-,27?/m1/s1. The third-order valence-corrected chi connectivity index (χ3v) is 5.32. The second-order valence-corrected chi connectivity index (χ2v) is 8.23. The minimum Gasteiger partial charge on any atom is -0.391 e. The Morgan fingerprint density at radius 3 is 2.14 bits per heavy atom. The molecule has 1 heterocycles. The molecule has 1 unspecified atom stereocenters. The van der Waals surface area contributed by atoms with Crippen LogP contribution in [0.4, 0.5) is 5.69 Å². The Kier molecular flexibility index (Phi) is 9.93. The number of hydroxylamine groups is 1. The summed E-state index contributed by atoms with van der Waals surface area (Å²) in [6.45, 7) is 6.10. The maximum atomic E-state index is 12.1. The van der Waals surface area contributed by atoms with Gasteiger partial charge in [-0.15, -0.1) is 0 Å². The van der Waals surface area contributed by atoms with Crippen LogP contribution in [0.3, 0.4) is 0 Å². The van der Waals surface area contributed by atoms with Gasteiger partial charge in [0.2, 0.25) is 5.91 Å². The zero-order valence-corrected chi connectivity index (χ0v) is 20.4. The minimum absolute atomic E-state index is 0.138. The molecule has 3 rings (SSSR count). The van der Waals surface area contributed by atoms with E-state index in [-0.39, 0.29) is 12.5 Å². The molecule has 6 N–H and O–H groups in total. The third kappa shape index (κ3) is 8.59. The summed E-state index contributed by atoms with van der Waals surface area (Å²) >= 11 is 0. The van der Waals surface area contributed by atoms with Gasteiger partial charge in [0.25, 0.3) is 5.91 Å². The second-order valence-electron chi connectivity index (χ2n) is 8.23. The van der Waals surface area contributed by atoms with Crippen LogP contribution < -0.4 is 21.4 Å². The van der Waals surface area contributed by atoms with Crippen LogP contribution in [0.1, 0.15) is 29.2 Å². The Labute approximate surface area is 215 Å². The van der Waals surface area contributed by atoms with Crippen LogP contribution in [0.15, 0.2) is 79.6 Å². The molecule has 190 valence electrons. The molecule has 9 heteroatoms. The molecule has 3 aromatic rings. The van der Waals surface area contributed by atoms with Gasteiger partial charge in [-0.2, -0.15) is 0 Å². The summed E-state index contributed by atoms with van der Waals surface area (Å²) in [6, 6.07) is 17.2. The lowest BCUT2D eigenvalue weighted by molar-refractivity contribution is -0.133. The van der Waals surface area contributed by atoms with E-state index in [0.29, 0.717) is 23.5 Å². The average Bonchev–Trinajstić information content (AvgIpc) is 2.91. The highest BCUT2D eigenvalue weighted by Gasteiger charge is 2.23. The number of nitrogens with one attached hydrogen (secondary N) is 4. The van der Waals surface area contributed by atoms with Gasteiger partial charge in [-0.25, -0.2) is 5.48 Å². The monoisotopic (exact) mass is 499 g/mol. The first kappa shape index (κ1) is 27.1. The Hall–Kier alpha value is -4.49. The molecule has 1 aromatic heterocycles. The van der Waals surface area contributed by atoms with Crippen molar-refractivity contribution in [3.63, 3.8) is 0 Å². The van der Waals surface area contributed by atoms with Crippen molar-refractivity contribution in [3.05, 3.63) is 102 Å².